The monoisotopic (exact) mass is 434 g/mol. The summed E-state index contributed by atoms with van der Waals surface area (Å²) in [5, 5.41) is 12.9. The average Bonchev–Trinajstić information content (AvgIpc) is 2.82. The smallest absolute Gasteiger partial charge is 0.335 e. The molecule has 0 radical (unpaired) electrons. The van der Waals surface area contributed by atoms with Crippen molar-refractivity contribution in [1.82, 2.24) is 5.43 Å². The number of carbonyl (C=O) groups is 2. The van der Waals surface area contributed by atoms with Crippen molar-refractivity contribution >= 4 is 18.1 Å². The molecule has 8 heteroatoms. The Morgan fingerprint density at radius 3 is 2.31 bits per heavy atom. The van der Waals surface area contributed by atoms with Crippen molar-refractivity contribution in [2.45, 2.75) is 6.61 Å². The van der Waals surface area contributed by atoms with Gasteiger partial charge in [0.25, 0.3) is 5.91 Å². The normalized spacial score (nSPS) is 10.5. The third-order valence-electron chi connectivity index (χ3n) is 4.34. The molecule has 3 aromatic carbocycles. The second-order valence-corrected chi connectivity index (χ2v) is 6.59. The summed E-state index contributed by atoms with van der Waals surface area (Å²) in [7, 11) is 1.57. The van der Waals surface area contributed by atoms with Crippen LogP contribution in [0.1, 0.15) is 21.5 Å². The van der Waals surface area contributed by atoms with Crippen molar-refractivity contribution in [3.63, 3.8) is 0 Å². The van der Waals surface area contributed by atoms with E-state index < -0.39 is 11.9 Å². The van der Waals surface area contributed by atoms with Crippen LogP contribution in [0, 0.1) is 0 Å². The highest BCUT2D eigenvalue weighted by atomic mass is 16.5. The molecule has 0 fully saturated rings. The molecule has 0 aromatic heterocycles. The predicted octanol–water partition coefficient (Wildman–Crippen LogP) is 3.50. The van der Waals surface area contributed by atoms with Gasteiger partial charge in [-0.15, -0.1) is 0 Å². The predicted molar refractivity (Wildman–Crippen MR) is 118 cm³/mol. The molecular formula is C24H22N2O6. The van der Waals surface area contributed by atoms with Crippen LogP contribution in [0.25, 0.3) is 0 Å². The van der Waals surface area contributed by atoms with Crippen molar-refractivity contribution < 1.29 is 28.9 Å². The molecule has 0 unspecified atom stereocenters. The highest BCUT2D eigenvalue weighted by molar-refractivity contribution is 5.87. The number of benzene rings is 3. The number of para-hydroxylation sites is 1. The molecule has 0 bridgehead atoms. The topological polar surface area (TPSA) is 106 Å². The zero-order valence-corrected chi connectivity index (χ0v) is 17.4. The minimum Gasteiger partial charge on any atom is -0.497 e. The standard InChI is InChI=1S/C24H22N2O6/c1-30-20-10-12-21(13-11-20)31-16-23(27)26-25-14-19-4-2-3-5-22(19)32-15-17-6-8-18(9-7-17)24(28)29/h2-14H,15-16H2,1H3,(H,26,27)(H,28,29)/b25-14+. The molecule has 0 heterocycles. The zero-order valence-electron chi connectivity index (χ0n) is 17.4. The Morgan fingerprint density at radius 2 is 1.62 bits per heavy atom. The Kier molecular flexibility index (Phi) is 7.80. The molecule has 3 aromatic rings. The maximum atomic E-state index is 12.0. The number of methoxy groups -OCH3 is 1. The molecule has 32 heavy (non-hydrogen) atoms. The van der Waals surface area contributed by atoms with Gasteiger partial charge in [-0.2, -0.15) is 5.10 Å². The number of amides is 1. The minimum absolute atomic E-state index is 0.186. The van der Waals surface area contributed by atoms with Crippen LogP contribution in [0.4, 0.5) is 0 Å². The molecule has 0 aliphatic carbocycles. The van der Waals surface area contributed by atoms with Crippen molar-refractivity contribution in [3.05, 3.63) is 89.5 Å². The van der Waals surface area contributed by atoms with Crippen LogP contribution in [-0.2, 0) is 11.4 Å². The van der Waals surface area contributed by atoms with Gasteiger partial charge in [-0.3, -0.25) is 4.79 Å². The van der Waals surface area contributed by atoms with Crippen molar-refractivity contribution in [2.75, 3.05) is 13.7 Å². The molecule has 3 rings (SSSR count). The Balaban J connectivity index is 1.50. The van der Waals surface area contributed by atoms with Crippen LogP contribution in [0.5, 0.6) is 17.2 Å². The van der Waals surface area contributed by atoms with E-state index in [9.17, 15) is 9.59 Å². The number of nitrogens with one attached hydrogen (secondary N) is 1. The van der Waals surface area contributed by atoms with E-state index in [1.807, 2.05) is 12.1 Å². The summed E-state index contributed by atoms with van der Waals surface area (Å²) in [5.41, 5.74) is 4.12. The molecular weight excluding hydrogens is 412 g/mol. The number of hydrogen-bond acceptors (Lipinski definition) is 6. The van der Waals surface area contributed by atoms with Gasteiger partial charge in [0.1, 0.15) is 23.9 Å². The van der Waals surface area contributed by atoms with Gasteiger partial charge >= 0.3 is 5.97 Å². The Morgan fingerprint density at radius 1 is 0.938 bits per heavy atom. The van der Waals surface area contributed by atoms with E-state index in [4.69, 9.17) is 19.3 Å². The molecule has 0 atom stereocenters. The van der Waals surface area contributed by atoms with Crippen molar-refractivity contribution in [1.29, 1.82) is 0 Å². The molecule has 1 amide bonds. The van der Waals surface area contributed by atoms with E-state index in [1.165, 1.54) is 18.3 Å². The molecule has 0 spiro atoms. The van der Waals surface area contributed by atoms with Crippen molar-refractivity contribution in [3.8, 4) is 17.2 Å². The molecule has 0 aliphatic heterocycles. The maximum absolute atomic E-state index is 12.0. The summed E-state index contributed by atoms with van der Waals surface area (Å²) in [4.78, 5) is 22.9. The van der Waals surface area contributed by atoms with Crippen LogP contribution < -0.4 is 19.6 Å². The Labute approximate surface area is 185 Å². The van der Waals surface area contributed by atoms with Gasteiger partial charge in [-0.25, -0.2) is 10.2 Å². The summed E-state index contributed by atoms with van der Waals surface area (Å²) >= 11 is 0. The molecule has 0 saturated carbocycles. The van der Waals surface area contributed by atoms with E-state index in [0.717, 1.165) is 5.56 Å². The third kappa shape index (κ3) is 6.60. The van der Waals surface area contributed by atoms with Gasteiger partial charge in [0, 0.05) is 5.56 Å². The third-order valence-corrected chi connectivity index (χ3v) is 4.34. The van der Waals surface area contributed by atoms with Gasteiger partial charge in [0.15, 0.2) is 6.61 Å². The first-order valence-corrected chi connectivity index (χ1v) is 9.68. The number of nitrogens with zero attached hydrogens (tertiary/aromatic N) is 1. The number of carboxylic acids is 1. The highest BCUT2D eigenvalue weighted by Gasteiger charge is 2.05. The molecule has 164 valence electrons. The van der Waals surface area contributed by atoms with E-state index in [-0.39, 0.29) is 18.8 Å². The minimum atomic E-state index is -0.976. The van der Waals surface area contributed by atoms with Gasteiger partial charge in [-0.05, 0) is 54.1 Å². The molecule has 0 saturated heterocycles. The van der Waals surface area contributed by atoms with E-state index in [0.29, 0.717) is 22.8 Å². The van der Waals surface area contributed by atoms with E-state index in [2.05, 4.69) is 10.5 Å². The fraction of sp³-hybridized carbons (Fsp3) is 0.125. The highest BCUT2D eigenvalue weighted by Crippen LogP contribution is 2.18. The number of aromatic carboxylic acids is 1. The van der Waals surface area contributed by atoms with Crippen LogP contribution in [0.15, 0.2) is 77.9 Å². The summed E-state index contributed by atoms with van der Waals surface area (Å²) < 4.78 is 16.3. The van der Waals surface area contributed by atoms with Gasteiger partial charge < -0.3 is 19.3 Å². The number of carboxylic acid groups (broad SMARTS) is 1. The van der Waals surface area contributed by atoms with E-state index in [1.54, 1.807) is 55.6 Å². The number of hydrogen-bond donors (Lipinski definition) is 2. The quantitative estimate of drug-likeness (QED) is 0.374. The second-order valence-electron chi connectivity index (χ2n) is 6.59. The van der Waals surface area contributed by atoms with Gasteiger partial charge in [-0.1, -0.05) is 24.3 Å². The first-order chi connectivity index (χ1) is 15.5. The molecule has 8 nitrogen and oxygen atoms in total. The van der Waals surface area contributed by atoms with Crippen LogP contribution in [0.3, 0.4) is 0 Å². The van der Waals surface area contributed by atoms with Crippen molar-refractivity contribution in [2.24, 2.45) is 5.10 Å². The van der Waals surface area contributed by atoms with Gasteiger partial charge in [0.2, 0.25) is 0 Å². The first kappa shape index (κ1) is 22.4. The Bertz CT molecular complexity index is 1080. The SMILES string of the molecule is COc1ccc(OCC(=O)N/N=C/c2ccccc2OCc2ccc(C(=O)O)cc2)cc1. The molecule has 0 aliphatic rings. The number of rotatable bonds is 10. The summed E-state index contributed by atoms with van der Waals surface area (Å²) in [5.74, 6) is 0.427. The summed E-state index contributed by atoms with van der Waals surface area (Å²) in [6, 6.07) is 20.6. The van der Waals surface area contributed by atoms with E-state index >= 15 is 0 Å². The largest absolute Gasteiger partial charge is 0.497 e. The number of carbonyl (C=O) groups excluding carboxylic acids is 1. The van der Waals surface area contributed by atoms with Crippen LogP contribution >= 0.6 is 0 Å². The van der Waals surface area contributed by atoms with Crippen LogP contribution in [0.2, 0.25) is 0 Å². The number of ether oxygens (including phenoxy) is 3. The summed E-state index contributed by atoms with van der Waals surface area (Å²) in [6.45, 7) is 0.0704. The average molecular weight is 434 g/mol. The lowest BCUT2D eigenvalue weighted by molar-refractivity contribution is -0.123. The zero-order chi connectivity index (χ0) is 22.8. The molecule has 2 N–H and O–H groups in total. The van der Waals surface area contributed by atoms with Crippen LogP contribution in [-0.4, -0.2) is 36.9 Å². The maximum Gasteiger partial charge on any atom is 0.335 e. The summed E-state index contributed by atoms with van der Waals surface area (Å²) in [6.07, 6.45) is 1.48. The second kappa shape index (κ2) is 11.2. The fourth-order valence-corrected chi connectivity index (χ4v) is 2.65. The fourth-order valence-electron chi connectivity index (χ4n) is 2.65. The number of hydrazone groups is 1. The lowest BCUT2D eigenvalue weighted by Crippen LogP contribution is -2.24. The first-order valence-electron chi connectivity index (χ1n) is 9.68. The Hall–Kier alpha value is -4.33. The van der Waals surface area contributed by atoms with Gasteiger partial charge in [0.05, 0.1) is 18.9 Å². The lowest BCUT2D eigenvalue weighted by atomic mass is 10.1. The lowest BCUT2D eigenvalue weighted by Gasteiger charge is -2.09.